The summed E-state index contributed by atoms with van der Waals surface area (Å²) in [6, 6.07) is 13.7. The third kappa shape index (κ3) is 3.39. The van der Waals surface area contributed by atoms with Gasteiger partial charge in [0.25, 0.3) is 0 Å². The van der Waals surface area contributed by atoms with Gasteiger partial charge in [-0.15, -0.1) is 0 Å². The molecular weight excluding hydrogens is 291 g/mol. The first-order valence-corrected chi connectivity index (χ1v) is 7.86. The van der Waals surface area contributed by atoms with Crippen LogP contribution in [-0.2, 0) is 22.4 Å². The van der Waals surface area contributed by atoms with E-state index in [1.807, 2.05) is 31.2 Å². The first kappa shape index (κ1) is 15.6. The minimum Gasteiger partial charge on any atom is -0.298 e. The molecule has 0 radical (unpaired) electrons. The van der Waals surface area contributed by atoms with E-state index in [0.29, 0.717) is 19.3 Å². The van der Waals surface area contributed by atoms with Crippen molar-refractivity contribution in [2.24, 2.45) is 5.41 Å². The number of carbonyl (C=O) groups is 2. The van der Waals surface area contributed by atoms with Crippen molar-refractivity contribution in [2.75, 3.05) is 0 Å². The molecule has 118 valence electrons. The molecule has 1 aliphatic carbocycles. The number of rotatable bonds is 6. The molecule has 0 spiro atoms. The van der Waals surface area contributed by atoms with Crippen LogP contribution in [-0.4, -0.2) is 11.6 Å². The second-order valence-electron chi connectivity index (χ2n) is 6.39. The highest BCUT2D eigenvalue weighted by molar-refractivity contribution is 6.10. The molecule has 2 nitrogen and oxygen atoms in total. The number of hydrogen-bond acceptors (Lipinski definition) is 2. The van der Waals surface area contributed by atoms with Crippen LogP contribution in [0.25, 0.3) is 0 Å². The largest absolute Gasteiger partial charge is 0.298 e. The highest BCUT2D eigenvalue weighted by Gasteiger charge is 2.54. The Kier molecular flexibility index (Phi) is 4.12. The lowest BCUT2D eigenvalue weighted by molar-refractivity contribution is -0.133. The number of ketones is 2. The Labute approximate surface area is 135 Å². The fraction of sp³-hybridized carbons (Fsp3) is 0.300. The molecule has 3 rings (SSSR count). The zero-order chi connectivity index (χ0) is 16.4. The summed E-state index contributed by atoms with van der Waals surface area (Å²) in [4.78, 5) is 25.1. The van der Waals surface area contributed by atoms with Crippen LogP contribution in [0.1, 0.15) is 29.5 Å². The molecule has 0 aromatic heterocycles. The van der Waals surface area contributed by atoms with E-state index in [1.54, 1.807) is 12.1 Å². The summed E-state index contributed by atoms with van der Waals surface area (Å²) < 4.78 is 12.9. The Morgan fingerprint density at radius 1 is 0.870 bits per heavy atom. The maximum Gasteiger partial charge on any atom is 0.150 e. The Balaban J connectivity index is 1.68. The van der Waals surface area contributed by atoms with Crippen molar-refractivity contribution in [1.82, 2.24) is 0 Å². The van der Waals surface area contributed by atoms with Crippen LogP contribution in [0.5, 0.6) is 0 Å². The summed E-state index contributed by atoms with van der Waals surface area (Å²) in [6.07, 6.45) is 1.77. The van der Waals surface area contributed by atoms with Crippen LogP contribution >= 0.6 is 0 Å². The Bertz CT molecular complexity index is 664. The molecule has 1 fully saturated rings. The number of carbonyl (C=O) groups excluding carboxylic acids is 2. The first-order chi connectivity index (χ1) is 11.0. The van der Waals surface area contributed by atoms with Gasteiger partial charge in [0.2, 0.25) is 0 Å². The van der Waals surface area contributed by atoms with E-state index in [9.17, 15) is 14.0 Å². The van der Waals surface area contributed by atoms with Gasteiger partial charge < -0.3 is 0 Å². The average molecular weight is 310 g/mol. The van der Waals surface area contributed by atoms with E-state index in [-0.39, 0.29) is 23.8 Å². The van der Waals surface area contributed by atoms with Crippen LogP contribution in [0.15, 0.2) is 48.5 Å². The second kappa shape index (κ2) is 6.07. The highest BCUT2D eigenvalue weighted by atomic mass is 19.1. The van der Waals surface area contributed by atoms with Gasteiger partial charge >= 0.3 is 0 Å². The molecule has 0 saturated heterocycles. The lowest BCUT2D eigenvalue weighted by atomic mass is 9.88. The minimum atomic E-state index is -0.806. The Morgan fingerprint density at radius 3 is 1.74 bits per heavy atom. The quantitative estimate of drug-likeness (QED) is 0.760. The molecule has 3 heteroatoms. The molecule has 0 atom stereocenters. The molecular formula is C20H19FO2. The maximum absolute atomic E-state index is 12.9. The maximum atomic E-state index is 12.9. The van der Waals surface area contributed by atoms with Crippen LogP contribution in [0.2, 0.25) is 0 Å². The van der Waals surface area contributed by atoms with Gasteiger partial charge in [-0.2, -0.15) is 0 Å². The number of hydrogen-bond donors (Lipinski definition) is 0. The molecule has 0 aliphatic heterocycles. The molecule has 1 saturated carbocycles. The van der Waals surface area contributed by atoms with Crippen molar-refractivity contribution < 1.29 is 14.0 Å². The molecule has 0 amide bonds. The molecule has 0 N–H and O–H groups in total. The number of aryl methyl sites for hydroxylation is 1. The zero-order valence-electron chi connectivity index (χ0n) is 13.1. The van der Waals surface area contributed by atoms with Crippen LogP contribution in [0.4, 0.5) is 4.39 Å². The van der Waals surface area contributed by atoms with E-state index < -0.39 is 5.41 Å². The van der Waals surface area contributed by atoms with Crippen molar-refractivity contribution in [1.29, 1.82) is 0 Å². The molecule has 23 heavy (non-hydrogen) atoms. The molecule has 0 bridgehead atoms. The summed E-state index contributed by atoms with van der Waals surface area (Å²) in [6.45, 7) is 2.00. The van der Waals surface area contributed by atoms with Crippen molar-refractivity contribution in [3.8, 4) is 0 Å². The van der Waals surface area contributed by atoms with Crippen molar-refractivity contribution in [2.45, 2.75) is 32.6 Å². The van der Waals surface area contributed by atoms with Gasteiger partial charge in [0.05, 0.1) is 5.41 Å². The summed E-state index contributed by atoms with van der Waals surface area (Å²) >= 11 is 0. The number of benzene rings is 2. The van der Waals surface area contributed by atoms with Gasteiger partial charge in [-0.1, -0.05) is 42.0 Å². The molecule has 0 heterocycles. The van der Waals surface area contributed by atoms with Crippen molar-refractivity contribution >= 4 is 11.6 Å². The minimum absolute atomic E-state index is 0.00784. The third-order valence-corrected chi connectivity index (χ3v) is 4.58. The first-order valence-electron chi connectivity index (χ1n) is 7.86. The van der Waals surface area contributed by atoms with Crippen molar-refractivity contribution in [3.63, 3.8) is 0 Å². The fourth-order valence-corrected chi connectivity index (χ4v) is 2.86. The number of Topliss-reactive ketones (excluding diaryl/α,β-unsaturated/α-hetero) is 2. The smallest absolute Gasteiger partial charge is 0.150 e. The summed E-state index contributed by atoms with van der Waals surface area (Å²) in [5.74, 6) is -0.354. The predicted octanol–water partition coefficient (Wildman–Crippen LogP) is 3.84. The average Bonchev–Trinajstić information content (AvgIpc) is 3.34. The van der Waals surface area contributed by atoms with E-state index in [0.717, 1.165) is 16.7 Å². The Hall–Kier alpha value is -2.29. The standard InChI is InChI=1S/C20H19FO2/c1-14-2-4-15(5-3-14)12-18(22)20(10-11-20)19(23)13-16-6-8-17(21)9-7-16/h2-9H,10-13H2,1H3. The SMILES string of the molecule is Cc1ccc(CC(=O)C2(C(=O)Cc3ccc(F)cc3)CC2)cc1. The van der Waals surface area contributed by atoms with Crippen LogP contribution in [0.3, 0.4) is 0 Å². The van der Waals surface area contributed by atoms with Gasteiger partial charge in [-0.05, 0) is 43.0 Å². The van der Waals surface area contributed by atoms with E-state index in [2.05, 4.69) is 0 Å². The van der Waals surface area contributed by atoms with Gasteiger partial charge in [0.15, 0.2) is 11.6 Å². The van der Waals surface area contributed by atoms with Crippen LogP contribution in [0, 0.1) is 18.2 Å². The fourth-order valence-electron chi connectivity index (χ4n) is 2.86. The molecule has 1 aliphatic rings. The highest BCUT2D eigenvalue weighted by Crippen LogP contribution is 2.48. The lowest BCUT2D eigenvalue weighted by Crippen LogP contribution is -2.28. The normalized spacial score (nSPS) is 15.2. The van der Waals surface area contributed by atoms with E-state index >= 15 is 0 Å². The summed E-state index contributed by atoms with van der Waals surface area (Å²) in [7, 11) is 0. The van der Waals surface area contributed by atoms with Crippen molar-refractivity contribution in [3.05, 3.63) is 71.0 Å². The summed E-state index contributed by atoms with van der Waals surface area (Å²) in [5.41, 5.74) is 2.04. The summed E-state index contributed by atoms with van der Waals surface area (Å²) in [5, 5.41) is 0. The van der Waals surface area contributed by atoms with Gasteiger partial charge in [-0.3, -0.25) is 9.59 Å². The number of halogens is 1. The Morgan fingerprint density at radius 2 is 1.30 bits per heavy atom. The van der Waals surface area contributed by atoms with E-state index in [4.69, 9.17) is 0 Å². The topological polar surface area (TPSA) is 34.1 Å². The van der Waals surface area contributed by atoms with Crippen LogP contribution < -0.4 is 0 Å². The van der Waals surface area contributed by atoms with Gasteiger partial charge in [0, 0.05) is 12.8 Å². The lowest BCUT2D eigenvalue weighted by Gasteiger charge is -2.13. The van der Waals surface area contributed by atoms with Gasteiger partial charge in [-0.25, -0.2) is 4.39 Å². The van der Waals surface area contributed by atoms with Gasteiger partial charge in [0.1, 0.15) is 5.82 Å². The zero-order valence-corrected chi connectivity index (χ0v) is 13.1. The molecule has 0 unspecified atom stereocenters. The van der Waals surface area contributed by atoms with E-state index in [1.165, 1.54) is 12.1 Å². The predicted molar refractivity (Wildman–Crippen MR) is 86.7 cm³/mol. The molecule has 2 aromatic rings. The monoisotopic (exact) mass is 310 g/mol. The molecule has 2 aromatic carbocycles. The second-order valence-corrected chi connectivity index (χ2v) is 6.39. The third-order valence-electron chi connectivity index (χ3n) is 4.58.